The van der Waals surface area contributed by atoms with Crippen molar-refractivity contribution in [3.05, 3.63) is 57.7 Å². The zero-order valence-electron chi connectivity index (χ0n) is 15.5. The number of amides is 1. The van der Waals surface area contributed by atoms with E-state index in [0.29, 0.717) is 23.1 Å². The Labute approximate surface area is 167 Å². The highest BCUT2D eigenvalue weighted by Crippen LogP contribution is 2.33. The van der Waals surface area contributed by atoms with Crippen LogP contribution in [0.2, 0.25) is 4.47 Å². The second-order valence-corrected chi connectivity index (χ2v) is 7.72. The Hall–Kier alpha value is -2.38. The summed E-state index contributed by atoms with van der Waals surface area (Å²) in [5.41, 5.74) is 1.29. The summed E-state index contributed by atoms with van der Waals surface area (Å²) >= 11 is 7.44. The molecule has 2 heterocycles. The average molecular weight is 406 g/mol. The molecule has 1 aromatic carbocycles. The summed E-state index contributed by atoms with van der Waals surface area (Å²) in [6.07, 6.45) is 3.24. The first-order valence-electron chi connectivity index (χ1n) is 8.62. The van der Waals surface area contributed by atoms with E-state index < -0.39 is 0 Å². The number of hydrogen-bond donors (Lipinski definition) is 1. The molecule has 3 rings (SSSR count). The van der Waals surface area contributed by atoms with Crippen molar-refractivity contribution >= 4 is 40.4 Å². The minimum absolute atomic E-state index is 0.141. The number of benzene rings is 1. The molecular formula is C19H22ClN4O2S+. The lowest BCUT2D eigenvalue weighted by molar-refractivity contribution is -0.492. The van der Waals surface area contributed by atoms with Gasteiger partial charge in [0.05, 0.1) is 37.4 Å². The number of rotatable bonds is 5. The highest BCUT2D eigenvalue weighted by Gasteiger charge is 2.45. The molecule has 0 aliphatic carbocycles. The molecule has 0 spiro atoms. The van der Waals surface area contributed by atoms with Gasteiger partial charge in [-0.25, -0.2) is 4.98 Å². The first kappa shape index (κ1) is 19.4. The van der Waals surface area contributed by atoms with Crippen molar-refractivity contribution in [1.82, 2.24) is 15.2 Å². The van der Waals surface area contributed by atoms with E-state index in [4.69, 9.17) is 16.3 Å². The lowest BCUT2D eigenvalue weighted by Crippen LogP contribution is -2.45. The molecule has 0 saturated carbocycles. The SMILES string of the molecule is CCNC1=[N+](C)CC(c2cnc(Cl)s2)N1C(=O)/C(=C/OC)c1ccccc1. The largest absolute Gasteiger partial charge is 0.503 e. The molecule has 6 nitrogen and oxygen atoms in total. The van der Waals surface area contributed by atoms with Gasteiger partial charge in [0.25, 0.3) is 0 Å². The second kappa shape index (κ2) is 8.54. The minimum atomic E-state index is -0.175. The van der Waals surface area contributed by atoms with Gasteiger partial charge in [-0.3, -0.25) is 14.7 Å². The van der Waals surface area contributed by atoms with Crippen molar-refractivity contribution in [2.75, 3.05) is 27.2 Å². The maximum absolute atomic E-state index is 13.6. The van der Waals surface area contributed by atoms with E-state index in [-0.39, 0.29) is 11.9 Å². The van der Waals surface area contributed by atoms with E-state index in [9.17, 15) is 4.79 Å². The fourth-order valence-corrected chi connectivity index (χ4v) is 4.16. The van der Waals surface area contributed by atoms with E-state index in [1.807, 2.05) is 48.9 Å². The van der Waals surface area contributed by atoms with Gasteiger partial charge in [0, 0.05) is 6.20 Å². The molecular weight excluding hydrogens is 384 g/mol. The van der Waals surface area contributed by atoms with Crippen molar-refractivity contribution in [1.29, 1.82) is 0 Å². The van der Waals surface area contributed by atoms with Crippen LogP contribution in [0.4, 0.5) is 0 Å². The molecule has 1 N–H and O–H groups in total. The summed E-state index contributed by atoms with van der Waals surface area (Å²) in [7, 11) is 3.50. The molecule has 2 aromatic rings. The fraction of sp³-hybridized carbons (Fsp3) is 0.316. The Morgan fingerprint density at radius 1 is 1.48 bits per heavy atom. The third kappa shape index (κ3) is 3.99. The predicted molar refractivity (Wildman–Crippen MR) is 108 cm³/mol. The summed E-state index contributed by atoms with van der Waals surface area (Å²) in [6, 6.07) is 9.34. The molecule has 8 heteroatoms. The zero-order chi connectivity index (χ0) is 19.4. The highest BCUT2D eigenvalue weighted by molar-refractivity contribution is 7.15. The molecule has 0 radical (unpaired) electrons. The van der Waals surface area contributed by atoms with Crippen LogP contribution >= 0.6 is 22.9 Å². The molecule has 27 heavy (non-hydrogen) atoms. The molecule has 1 atom stereocenters. The van der Waals surface area contributed by atoms with Gasteiger partial charge in [0.2, 0.25) is 0 Å². The van der Waals surface area contributed by atoms with E-state index >= 15 is 0 Å². The number of nitrogens with zero attached hydrogens (tertiary/aromatic N) is 3. The Morgan fingerprint density at radius 2 is 2.22 bits per heavy atom. The Bertz CT molecular complexity index is 879. The Balaban J connectivity index is 2.04. The normalized spacial score (nSPS) is 17.4. The number of likely N-dealkylation sites (N-methyl/N-ethyl adjacent to an activating group) is 1. The quantitative estimate of drug-likeness (QED) is 0.472. The monoisotopic (exact) mass is 405 g/mol. The van der Waals surface area contributed by atoms with Gasteiger partial charge in [-0.2, -0.15) is 4.90 Å². The first-order chi connectivity index (χ1) is 13.1. The van der Waals surface area contributed by atoms with Crippen LogP contribution in [0.5, 0.6) is 0 Å². The van der Waals surface area contributed by atoms with Crippen LogP contribution in [-0.2, 0) is 9.53 Å². The fourth-order valence-electron chi connectivity index (χ4n) is 3.12. The third-order valence-electron chi connectivity index (χ3n) is 4.28. The van der Waals surface area contributed by atoms with Gasteiger partial charge in [-0.15, -0.1) is 11.3 Å². The number of methoxy groups -OCH3 is 1. The Morgan fingerprint density at radius 3 is 2.81 bits per heavy atom. The molecule has 1 aliphatic rings. The maximum atomic E-state index is 13.6. The second-order valence-electron chi connectivity index (χ2n) is 6.07. The van der Waals surface area contributed by atoms with E-state index in [2.05, 4.69) is 10.3 Å². The smallest absolute Gasteiger partial charge is 0.356 e. The molecule has 1 unspecified atom stereocenters. The summed E-state index contributed by atoms with van der Waals surface area (Å²) in [5, 5.41) is 3.31. The number of hydrogen-bond acceptors (Lipinski definition) is 5. The number of thiazole rings is 1. The van der Waals surface area contributed by atoms with Crippen LogP contribution < -0.4 is 5.32 Å². The highest BCUT2D eigenvalue weighted by atomic mass is 35.5. The van der Waals surface area contributed by atoms with Crippen LogP contribution in [0.25, 0.3) is 5.57 Å². The van der Waals surface area contributed by atoms with Gasteiger partial charge >= 0.3 is 11.9 Å². The lowest BCUT2D eigenvalue weighted by Gasteiger charge is -2.20. The molecule has 0 saturated heterocycles. The van der Waals surface area contributed by atoms with Crippen molar-refractivity contribution in [2.24, 2.45) is 0 Å². The third-order valence-corrected chi connectivity index (χ3v) is 5.49. The van der Waals surface area contributed by atoms with E-state index in [1.54, 1.807) is 18.2 Å². The standard InChI is InChI=1S/C19H21ClN4O2S/c1-4-21-19-23(2)11-15(16-10-22-18(20)27-16)24(19)17(25)14(12-26-3)13-8-6-5-7-9-13/h5-10,12,15H,4,11H2,1-3H3/p+1/b14-12+. The average Bonchev–Trinajstić information content (AvgIpc) is 3.24. The topological polar surface area (TPSA) is 57.5 Å². The maximum Gasteiger partial charge on any atom is 0.356 e. The van der Waals surface area contributed by atoms with Crippen LogP contribution in [0.3, 0.4) is 0 Å². The van der Waals surface area contributed by atoms with Gasteiger partial charge in [-0.05, 0) is 12.5 Å². The van der Waals surface area contributed by atoms with Crippen molar-refractivity contribution in [2.45, 2.75) is 13.0 Å². The van der Waals surface area contributed by atoms with Crippen molar-refractivity contribution in [3.8, 4) is 0 Å². The lowest BCUT2D eigenvalue weighted by atomic mass is 10.1. The van der Waals surface area contributed by atoms with Crippen LogP contribution in [0.1, 0.15) is 23.4 Å². The van der Waals surface area contributed by atoms with Crippen LogP contribution in [0.15, 0.2) is 42.8 Å². The summed E-state index contributed by atoms with van der Waals surface area (Å²) in [6.45, 7) is 3.36. The predicted octanol–water partition coefficient (Wildman–Crippen LogP) is 2.98. The summed E-state index contributed by atoms with van der Waals surface area (Å²) < 4.78 is 7.72. The number of carbonyl (C=O) groups is 1. The van der Waals surface area contributed by atoms with Crippen molar-refractivity contribution < 1.29 is 14.1 Å². The van der Waals surface area contributed by atoms with Gasteiger partial charge in [0.15, 0.2) is 10.5 Å². The van der Waals surface area contributed by atoms with Crippen molar-refractivity contribution in [3.63, 3.8) is 0 Å². The summed E-state index contributed by atoms with van der Waals surface area (Å²) in [4.78, 5) is 20.5. The molecule has 1 amide bonds. The molecule has 0 bridgehead atoms. The number of guanidine groups is 1. The number of aromatic nitrogens is 1. The molecule has 1 aromatic heterocycles. The van der Waals surface area contributed by atoms with Crippen LogP contribution in [-0.4, -0.2) is 53.6 Å². The number of halogens is 1. The minimum Gasteiger partial charge on any atom is -0.503 e. The molecule has 0 fully saturated rings. The first-order valence-corrected chi connectivity index (χ1v) is 9.81. The van der Waals surface area contributed by atoms with Gasteiger partial charge in [-0.1, -0.05) is 41.9 Å². The Kier molecular flexibility index (Phi) is 6.13. The summed E-state index contributed by atoms with van der Waals surface area (Å²) in [5.74, 6) is 0.618. The number of ether oxygens (including phenoxy) is 1. The van der Waals surface area contributed by atoms with Crippen LogP contribution in [0, 0.1) is 0 Å². The molecule has 1 aliphatic heterocycles. The van der Waals surface area contributed by atoms with E-state index in [1.165, 1.54) is 17.6 Å². The zero-order valence-corrected chi connectivity index (χ0v) is 17.0. The molecule has 142 valence electrons. The van der Waals surface area contributed by atoms with Gasteiger partial charge in [0.1, 0.15) is 6.54 Å². The number of nitrogens with one attached hydrogen (secondary N) is 1. The van der Waals surface area contributed by atoms with E-state index in [0.717, 1.165) is 16.4 Å². The van der Waals surface area contributed by atoms with Gasteiger partial charge < -0.3 is 4.74 Å². The number of carbonyl (C=O) groups excluding carboxylic acids is 1.